The van der Waals surface area contributed by atoms with Crippen LogP contribution in [0, 0.1) is 0 Å². The topological polar surface area (TPSA) is 53.3 Å². The van der Waals surface area contributed by atoms with E-state index in [-0.39, 0.29) is 18.7 Å². The maximum absolute atomic E-state index is 9.33. The second-order valence-corrected chi connectivity index (χ2v) is 7.56. The molecule has 0 radical (unpaired) electrons. The molecule has 2 aromatic heterocycles. The lowest BCUT2D eigenvalue weighted by molar-refractivity contribution is 0.241. The van der Waals surface area contributed by atoms with Gasteiger partial charge in [0, 0.05) is 37.3 Å². The fourth-order valence-corrected chi connectivity index (χ4v) is 4.71. The predicted octanol–water partition coefficient (Wildman–Crippen LogP) is 3.35. The van der Waals surface area contributed by atoms with Gasteiger partial charge in [0.05, 0.1) is 17.8 Å². The first-order valence-corrected chi connectivity index (χ1v) is 9.96. The van der Waals surface area contributed by atoms with E-state index in [2.05, 4.69) is 44.2 Å². The van der Waals surface area contributed by atoms with Crippen LogP contribution in [0.5, 0.6) is 0 Å². The number of pyridine rings is 1. The van der Waals surface area contributed by atoms with E-state index in [1.807, 2.05) is 18.3 Å². The molecule has 2 atom stereocenters. The van der Waals surface area contributed by atoms with E-state index in [4.69, 9.17) is 12.2 Å². The Balaban J connectivity index is 1.72. The third-order valence-corrected chi connectivity index (χ3v) is 5.94. The fraction of sp³-hybridized carbons (Fsp3) is 0.500. The molecule has 0 spiro atoms. The summed E-state index contributed by atoms with van der Waals surface area (Å²) in [5.41, 5.74) is 2.29. The van der Waals surface area contributed by atoms with Crippen molar-refractivity contribution in [1.82, 2.24) is 19.8 Å². The van der Waals surface area contributed by atoms with Crippen LogP contribution in [0.1, 0.15) is 61.6 Å². The van der Waals surface area contributed by atoms with Crippen LogP contribution in [0.3, 0.4) is 0 Å². The molecule has 0 amide bonds. The molecule has 2 N–H and O–H groups in total. The second kappa shape index (κ2) is 7.76. The van der Waals surface area contributed by atoms with Gasteiger partial charge in [-0.05, 0) is 55.7 Å². The Bertz CT molecular complexity index is 741. The zero-order valence-electron chi connectivity index (χ0n) is 14.9. The Morgan fingerprint density at radius 2 is 2.04 bits per heavy atom. The third-order valence-electron chi connectivity index (χ3n) is 5.59. The summed E-state index contributed by atoms with van der Waals surface area (Å²) in [7, 11) is 0. The maximum Gasteiger partial charge on any atom is 0.170 e. The number of aliphatic hydroxyl groups excluding tert-OH is 1. The van der Waals surface area contributed by atoms with Gasteiger partial charge in [0.2, 0.25) is 0 Å². The SMILES string of the molecule is OCCCN1C(=S)N[C@H](c2ccccn2)[C@H]1c1cccn1C1CCCC1. The average molecular weight is 371 g/mol. The molecule has 2 fully saturated rings. The summed E-state index contributed by atoms with van der Waals surface area (Å²) in [6.07, 6.45) is 9.87. The van der Waals surface area contributed by atoms with Crippen LogP contribution in [-0.4, -0.2) is 37.8 Å². The first-order valence-electron chi connectivity index (χ1n) is 9.55. The number of thiocarbonyl (C=S) groups is 1. The van der Waals surface area contributed by atoms with Crippen molar-refractivity contribution in [2.45, 2.75) is 50.2 Å². The minimum atomic E-state index is 0.0254. The summed E-state index contributed by atoms with van der Waals surface area (Å²) >= 11 is 5.66. The minimum Gasteiger partial charge on any atom is -0.396 e. The van der Waals surface area contributed by atoms with E-state index in [0.717, 1.165) is 17.4 Å². The molecule has 0 unspecified atom stereocenters. The van der Waals surface area contributed by atoms with Gasteiger partial charge in [-0.2, -0.15) is 0 Å². The number of hydrogen-bond donors (Lipinski definition) is 2. The summed E-state index contributed by atoms with van der Waals surface area (Å²) in [6, 6.07) is 11.1. The summed E-state index contributed by atoms with van der Waals surface area (Å²) in [4.78, 5) is 6.82. The zero-order valence-corrected chi connectivity index (χ0v) is 15.7. The standard InChI is InChI=1S/C20H26N4OS/c25-14-6-13-24-19(17-10-5-12-23(17)15-7-1-2-8-15)18(22-20(24)26)16-9-3-4-11-21-16/h3-5,9-12,15,18-19,25H,1-2,6-8,13-14H2,(H,22,26)/t18-,19-/m1/s1. The van der Waals surface area contributed by atoms with Crippen LogP contribution in [0.25, 0.3) is 0 Å². The number of nitrogens with zero attached hydrogens (tertiary/aromatic N) is 3. The smallest absolute Gasteiger partial charge is 0.170 e. The van der Waals surface area contributed by atoms with Gasteiger partial charge in [0.25, 0.3) is 0 Å². The highest BCUT2D eigenvalue weighted by atomic mass is 32.1. The van der Waals surface area contributed by atoms with Gasteiger partial charge in [-0.15, -0.1) is 0 Å². The van der Waals surface area contributed by atoms with Gasteiger partial charge in [0.15, 0.2) is 5.11 Å². The van der Waals surface area contributed by atoms with Gasteiger partial charge in [0.1, 0.15) is 0 Å². The highest BCUT2D eigenvalue weighted by molar-refractivity contribution is 7.80. The van der Waals surface area contributed by atoms with Crippen molar-refractivity contribution >= 4 is 17.3 Å². The Hall–Kier alpha value is -1.92. The van der Waals surface area contributed by atoms with E-state index >= 15 is 0 Å². The minimum absolute atomic E-state index is 0.0254. The molecule has 3 heterocycles. The van der Waals surface area contributed by atoms with Crippen molar-refractivity contribution in [3.8, 4) is 0 Å². The zero-order chi connectivity index (χ0) is 17.9. The van der Waals surface area contributed by atoms with Crippen molar-refractivity contribution in [3.05, 3.63) is 54.1 Å². The van der Waals surface area contributed by atoms with E-state index in [1.54, 1.807) is 0 Å². The normalized spacial score (nSPS) is 23.6. The Morgan fingerprint density at radius 3 is 2.77 bits per heavy atom. The summed E-state index contributed by atoms with van der Waals surface area (Å²) in [6.45, 7) is 0.913. The fourth-order valence-electron chi connectivity index (χ4n) is 4.38. The maximum atomic E-state index is 9.33. The largest absolute Gasteiger partial charge is 0.396 e. The molecule has 1 saturated heterocycles. The van der Waals surface area contributed by atoms with E-state index in [1.165, 1.54) is 31.4 Å². The predicted molar refractivity (Wildman–Crippen MR) is 106 cm³/mol. The van der Waals surface area contributed by atoms with Crippen LogP contribution in [-0.2, 0) is 0 Å². The lowest BCUT2D eigenvalue weighted by Crippen LogP contribution is -2.32. The van der Waals surface area contributed by atoms with Gasteiger partial charge in [-0.25, -0.2) is 0 Å². The molecule has 1 aliphatic carbocycles. The number of rotatable bonds is 6. The van der Waals surface area contributed by atoms with E-state index < -0.39 is 0 Å². The molecule has 6 heteroatoms. The summed E-state index contributed by atoms with van der Waals surface area (Å²) in [5, 5.41) is 13.6. The number of aromatic nitrogens is 2. The van der Waals surface area contributed by atoms with Crippen molar-refractivity contribution in [1.29, 1.82) is 0 Å². The van der Waals surface area contributed by atoms with Crippen molar-refractivity contribution in [3.63, 3.8) is 0 Å². The van der Waals surface area contributed by atoms with Gasteiger partial charge in [-0.3, -0.25) is 4.98 Å². The quantitative estimate of drug-likeness (QED) is 0.764. The van der Waals surface area contributed by atoms with Crippen molar-refractivity contribution < 1.29 is 5.11 Å². The Labute approximate surface area is 160 Å². The van der Waals surface area contributed by atoms with Crippen molar-refractivity contribution in [2.24, 2.45) is 0 Å². The average Bonchev–Trinajstić information content (AvgIpc) is 3.40. The van der Waals surface area contributed by atoms with Gasteiger partial charge >= 0.3 is 0 Å². The second-order valence-electron chi connectivity index (χ2n) is 7.18. The molecule has 138 valence electrons. The molecule has 4 rings (SSSR count). The molecule has 5 nitrogen and oxygen atoms in total. The molecule has 2 aliphatic rings. The monoisotopic (exact) mass is 370 g/mol. The molecule has 0 aromatic carbocycles. The highest BCUT2D eigenvalue weighted by Gasteiger charge is 2.41. The van der Waals surface area contributed by atoms with Crippen molar-refractivity contribution in [2.75, 3.05) is 13.2 Å². The molecule has 26 heavy (non-hydrogen) atoms. The molecular weight excluding hydrogens is 344 g/mol. The number of nitrogens with one attached hydrogen (secondary N) is 1. The van der Waals surface area contributed by atoms with Crippen LogP contribution < -0.4 is 5.32 Å². The summed E-state index contributed by atoms with van der Waals surface area (Å²) in [5.74, 6) is 0. The Kier molecular flexibility index (Phi) is 5.22. The third kappa shape index (κ3) is 3.23. The van der Waals surface area contributed by atoms with Gasteiger partial charge in [-0.1, -0.05) is 18.9 Å². The van der Waals surface area contributed by atoms with Crippen LogP contribution in [0.2, 0.25) is 0 Å². The molecule has 2 aromatic rings. The van der Waals surface area contributed by atoms with Gasteiger partial charge < -0.3 is 19.9 Å². The van der Waals surface area contributed by atoms with E-state index in [0.29, 0.717) is 12.5 Å². The lowest BCUT2D eigenvalue weighted by atomic mass is 10.0. The molecule has 1 saturated carbocycles. The molecule has 1 aliphatic heterocycles. The number of hydrogen-bond acceptors (Lipinski definition) is 3. The van der Waals surface area contributed by atoms with Crippen LogP contribution in [0.4, 0.5) is 0 Å². The molecule has 0 bridgehead atoms. The first kappa shape index (κ1) is 17.5. The first-order chi connectivity index (χ1) is 12.8. The van der Waals surface area contributed by atoms with Crippen LogP contribution in [0.15, 0.2) is 42.7 Å². The highest BCUT2D eigenvalue weighted by Crippen LogP contribution is 2.41. The molecular formula is C20H26N4OS. The van der Waals surface area contributed by atoms with E-state index in [9.17, 15) is 5.11 Å². The van der Waals surface area contributed by atoms with Crippen LogP contribution >= 0.6 is 12.2 Å². The Morgan fingerprint density at radius 1 is 1.19 bits per heavy atom. The lowest BCUT2D eigenvalue weighted by Gasteiger charge is -2.30. The number of aliphatic hydroxyl groups is 1. The summed E-state index contributed by atoms with van der Waals surface area (Å²) < 4.78 is 2.45.